The van der Waals surface area contributed by atoms with Crippen LogP contribution in [0.15, 0.2) is 71.6 Å². The molecule has 1 aromatic heterocycles. The summed E-state index contributed by atoms with van der Waals surface area (Å²) < 4.78 is 41.0. The molecule has 1 heterocycles. The van der Waals surface area contributed by atoms with Crippen LogP contribution in [0.1, 0.15) is 11.1 Å². The zero-order valence-corrected chi connectivity index (χ0v) is 23.0. The van der Waals surface area contributed by atoms with Crippen molar-refractivity contribution < 1.29 is 17.9 Å². The molecule has 0 spiro atoms. The third-order valence-corrected chi connectivity index (χ3v) is 7.82. The molecule has 0 aliphatic carbocycles. The molecule has 0 aliphatic rings. The van der Waals surface area contributed by atoms with Gasteiger partial charge in [-0.1, -0.05) is 53.5 Å². The van der Waals surface area contributed by atoms with Crippen molar-refractivity contribution >= 4 is 49.9 Å². The van der Waals surface area contributed by atoms with Gasteiger partial charge in [0.05, 0.1) is 15.4 Å². The fourth-order valence-electron chi connectivity index (χ4n) is 3.59. The lowest BCUT2D eigenvalue weighted by atomic mass is 10.2. The monoisotopic (exact) mass is 559 g/mol. The number of fused-ring (bicyclic) bond motifs is 1. The maximum absolute atomic E-state index is 13.3. The molecule has 0 saturated heterocycles. The van der Waals surface area contributed by atoms with Gasteiger partial charge in [-0.25, -0.2) is 13.4 Å². The predicted molar refractivity (Wildman–Crippen MR) is 149 cm³/mol. The number of hydrogen-bond acceptors (Lipinski definition) is 6. The van der Waals surface area contributed by atoms with E-state index in [1.54, 1.807) is 37.3 Å². The van der Waals surface area contributed by atoms with Crippen LogP contribution < -0.4 is 14.2 Å². The van der Waals surface area contributed by atoms with Gasteiger partial charge in [0.2, 0.25) is 0 Å². The highest BCUT2D eigenvalue weighted by molar-refractivity contribution is 7.92. The summed E-state index contributed by atoms with van der Waals surface area (Å²) in [6.07, 6.45) is 0. The molecule has 0 atom stereocenters. The molecule has 7 nitrogen and oxygen atoms in total. The molecule has 0 fully saturated rings. The first-order valence-electron chi connectivity index (χ1n) is 11.5. The molecule has 37 heavy (non-hydrogen) atoms. The van der Waals surface area contributed by atoms with Crippen LogP contribution >= 0.6 is 23.2 Å². The van der Waals surface area contributed by atoms with Gasteiger partial charge < -0.3 is 14.4 Å². The first-order chi connectivity index (χ1) is 17.6. The molecule has 4 aromatic rings. The van der Waals surface area contributed by atoms with Crippen LogP contribution in [-0.2, 0) is 16.6 Å². The SMILES string of the molecule is Cc1c(Cl)cccc1S(=O)(=O)Nc1nc2ccccc2cc1OCc1ccc(Cl)c(OCCN(C)C)c1. The van der Waals surface area contributed by atoms with Crippen LogP contribution in [0.4, 0.5) is 5.82 Å². The van der Waals surface area contributed by atoms with Gasteiger partial charge in [-0.2, -0.15) is 0 Å². The van der Waals surface area contributed by atoms with Crippen LogP contribution in [0.25, 0.3) is 10.9 Å². The fraction of sp³-hybridized carbons (Fsp3) is 0.222. The number of para-hydroxylation sites is 1. The minimum Gasteiger partial charge on any atom is -0.491 e. The van der Waals surface area contributed by atoms with Crippen LogP contribution in [0.5, 0.6) is 11.5 Å². The summed E-state index contributed by atoms with van der Waals surface area (Å²) in [5, 5.41) is 1.67. The van der Waals surface area contributed by atoms with Crippen LogP contribution in [0.2, 0.25) is 10.0 Å². The number of anilines is 1. The topological polar surface area (TPSA) is 80.8 Å². The molecule has 0 unspecified atom stereocenters. The quantitative estimate of drug-likeness (QED) is 0.250. The Morgan fingerprint density at radius 3 is 2.49 bits per heavy atom. The van der Waals surface area contributed by atoms with E-state index >= 15 is 0 Å². The van der Waals surface area contributed by atoms with E-state index in [0.717, 1.165) is 17.5 Å². The van der Waals surface area contributed by atoms with E-state index in [0.29, 0.717) is 33.5 Å². The second-order valence-electron chi connectivity index (χ2n) is 8.70. The Labute approximate surface area is 227 Å². The Kier molecular flexibility index (Phi) is 8.44. The van der Waals surface area contributed by atoms with Gasteiger partial charge in [0.15, 0.2) is 11.6 Å². The van der Waals surface area contributed by atoms with Gasteiger partial charge in [0.1, 0.15) is 19.0 Å². The number of pyridine rings is 1. The number of nitrogens with zero attached hydrogens (tertiary/aromatic N) is 2. The second-order valence-corrected chi connectivity index (χ2v) is 11.2. The maximum atomic E-state index is 13.3. The standard InChI is InChI=1S/C27H27Cl2N3O4S/c1-18-21(28)8-6-10-26(18)37(33,34)31-27-25(16-20-7-4-5-9-23(20)30-27)36-17-19-11-12-22(29)24(15-19)35-14-13-32(2)3/h4-12,15-16H,13-14,17H2,1-3H3,(H,30,31). The maximum Gasteiger partial charge on any atom is 0.263 e. The highest BCUT2D eigenvalue weighted by atomic mass is 35.5. The Morgan fingerprint density at radius 2 is 1.70 bits per heavy atom. The van der Waals surface area contributed by atoms with Crippen molar-refractivity contribution in [3.63, 3.8) is 0 Å². The van der Waals surface area contributed by atoms with Crippen molar-refractivity contribution in [3.8, 4) is 11.5 Å². The van der Waals surface area contributed by atoms with Gasteiger partial charge in [0.25, 0.3) is 10.0 Å². The van der Waals surface area contributed by atoms with Crippen molar-refractivity contribution in [2.75, 3.05) is 32.0 Å². The Bertz CT molecular complexity index is 1530. The van der Waals surface area contributed by atoms with Crippen LogP contribution in [-0.4, -0.2) is 45.5 Å². The molecular formula is C27H27Cl2N3O4S. The van der Waals surface area contributed by atoms with Crippen LogP contribution in [0, 0.1) is 6.92 Å². The zero-order valence-electron chi connectivity index (χ0n) is 20.7. The number of rotatable bonds is 10. The van der Waals surface area contributed by atoms with Crippen molar-refractivity contribution in [2.24, 2.45) is 0 Å². The van der Waals surface area contributed by atoms with Gasteiger partial charge in [-0.15, -0.1) is 0 Å². The third-order valence-electron chi connectivity index (χ3n) is 5.61. The Morgan fingerprint density at radius 1 is 0.919 bits per heavy atom. The number of halogens is 2. The largest absolute Gasteiger partial charge is 0.491 e. The van der Waals surface area contributed by atoms with Crippen molar-refractivity contribution in [1.82, 2.24) is 9.88 Å². The van der Waals surface area contributed by atoms with E-state index in [-0.39, 0.29) is 23.1 Å². The summed E-state index contributed by atoms with van der Waals surface area (Å²) in [6, 6.07) is 19.3. The molecule has 0 saturated carbocycles. The normalized spacial score (nSPS) is 11.6. The number of nitrogens with one attached hydrogen (secondary N) is 1. The van der Waals surface area contributed by atoms with E-state index in [9.17, 15) is 8.42 Å². The van der Waals surface area contributed by atoms with Gasteiger partial charge in [-0.3, -0.25) is 4.72 Å². The molecule has 0 radical (unpaired) electrons. The lowest BCUT2D eigenvalue weighted by molar-refractivity contribution is 0.260. The number of likely N-dealkylation sites (N-methyl/N-ethyl adjacent to an activating group) is 1. The van der Waals surface area contributed by atoms with E-state index in [4.69, 9.17) is 32.7 Å². The van der Waals surface area contributed by atoms with E-state index in [2.05, 4.69) is 9.71 Å². The number of ether oxygens (including phenoxy) is 2. The molecule has 0 aliphatic heterocycles. The molecule has 1 N–H and O–H groups in total. The Hall–Kier alpha value is -3.04. The van der Waals surface area contributed by atoms with Crippen LogP contribution in [0.3, 0.4) is 0 Å². The number of aromatic nitrogens is 1. The van der Waals surface area contributed by atoms with Crippen molar-refractivity contribution in [3.05, 3.63) is 87.9 Å². The minimum atomic E-state index is -3.99. The van der Waals surface area contributed by atoms with Crippen molar-refractivity contribution in [1.29, 1.82) is 0 Å². The van der Waals surface area contributed by atoms with E-state index < -0.39 is 10.0 Å². The highest BCUT2D eigenvalue weighted by Gasteiger charge is 2.21. The fourth-order valence-corrected chi connectivity index (χ4v) is 5.27. The molecule has 3 aromatic carbocycles. The average molecular weight is 561 g/mol. The molecule has 194 valence electrons. The summed E-state index contributed by atoms with van der Waals surface area (Å²) in [7, 11) is -0.0594. The van der Waals surface area contributed by atoms with E-state index in [1.165, 1.54) is 6.07 Å². The number of sulfonamides is 1. The summed E-state index contributed by atoms with van der Waals surface area (Å²) in [5.41, 5.74) is 1.87. The molecule has 4 rings (SSSR count). The summed E-state index contributed by atoms with van der Waals surface area (Å²) in [4.78, 5) is 6.62. The number of hydrogen-bond donors (Lipinski definition) is 1. The first kappa shape index (κ1) is 27.0. The van der Waals surface area contributed by atoms with Gasteiger partial charge >= 0.3 is 0 Å². The molecular weight excluding hydrogens is 533 g/mol. The predicted octanol–water partition coefficient (Wildman–Crippen LogP) is 6.17. The van der Waals surface area contributed by atoms with E-state index in [1.807, 2.05) is 49.3 Å². The summed E-state index contributed by atoms with van der Waals surface area (Å²) >= 11 is 12.5. The third kappa shape index (κ3) is 6.64. The van der Waals surface area contributed by atoms with Gasteiger partial charge in [0, 0.05) is 17.0 Å². The zero-order chi connectivity index (χ0) is 26.6. The molecule has 0 amide bonds. The molecule has 0 bridgehead atoms. The second kappa shape index (κ2) is 11.6. The lowest BCUT2D eigenvalue weighted by Crippen LogP contribution is -2.19. The first-order valence-corrected chi connectivity index (χ1v) is 13.7. The summed E-state index contributed by atoms with van der Waals surface area (Å²) in [6.45, 7) is 3.03. The highest BCUT2D eigenvalue weighted by Crippen LogP contribution is 2.32. The Balaban J connectivity index is 1.62. The minimum absolute atomic E-state index is 0.0677. The number of benzene rings is 3. The average Bonchev–Trinajstić information content (AvgIpc) is 2.85. The smallest absolute Gasteiger partial charge is 0.263 e. The summed E-state index contributed by atoms with van der Waals surface area (Å²) in [5.74, 6) is 0.917. The molecule has 10 heteroatoms. The van der Waals surface area contributed by atoms with Crippen molar-refractivity contribution in [2.45, 2.75) is 18.4 Å². The van der Waals surface area contributed by atoms with Gasteiger partial charge in [-0.05, 0) is 68.5 Å². The lowest BCUT2D eigenvalue weighted by Gasteiger charge is -2.16.